The molecule has 0 fully saturated rings. The molecule has 1 amide bonds. The number of rotatable bonds is 6. The van der Waals surface area contributed by atoms with Gasteiger partial charge in [0.15, 0.2) is 0 Å². The number of hydrogen-bond acceptors (Lipinski definition) is 4. The maximum absolute atomic E-state index is 12.9. The van der Waals surface area contributed by atoms with Crippen molar-refractivity contribution in [3.63, 3.8) is 0 Å². The number of amides is 1. The van der Waals surface area contributed by atoms with Crippen molar-refractivity contribution in [2.45, 2.75) is 25.7 Å². The smallest absolute Gasteiger partial charge is 0.230 e. The Morgan fingerprint density at radius 3 is 2.56 bits per heavy atom. The van der Waals surface area contributed by atoms with E-state index < -0.39 is 0 Å². The van der Waals surface area contributed by atoms with Crippen molar-refractivity contribution in [2.24, 2.45) is 0 Å². The van der Waals surface area contributed by atoms with Gasteiger partial charge < -0.3 is 5.32 Å². The summed E-state index contributed by atoms with van der Waals surface area (Å²) < 4.78 is 12.9. The Balaban J connectivity index is 1.56. The molecule has 0 aliphatic carbocycles. The van der Waals surface area contributed by atoms with Crippen LogP contribution in [0, 0.1) is 5.82 Å². The van der Waals surface area contributed by atoms with E-state index in [1.165, 1.54) is 29.0 Å². The van der Waals surface area contributed by atoms with Crippen molar-refractivity contribution >= 4 is 22.4 Å². The summed E-state index contributed by atoms with van der Waals surface area (Å²) in [5.74, 6) is -0.173. The van der Waals surface area contributed by atoms with Crippen LogP contribution >= 0.6 is 11.3 Å². The van der Waals surface area contributed by atoms with E-state index >= 15 is 0 Å². The van der Waals surface area contributed by atoms with Crippen LogP contribution < -0.4 is 5.32 Å². The quantitative estimate of drug-likeness (QED) is 0.721. The molecule has 0 bridgehead atoms. The van der Waals surface area contributed by atoms with Crippen LogP contribution in [0.5, 0.6) is 0 Å². The van der Waals surface area contributed by atoms with Crippen LogP contribution in [-0.2, 0) is 17.6 Å². The Kier molecular flexibility index (Phi) is 5.50. The minimum atomic E-state index is -0.314. The average molecular weight is 355 g/mol. The first-order valence-electron chi connectivity index (χ1n) is 8.02. The van der Waals surface area contributed by atoms with Crippen molar-refractivity contribution in [1.82, 2.24) is 10.2 Å². The zero-order valence-electron chi connectivity index (χ0n) is 13.8. The Labute approximate surface area is 149 Å². The van der Waals surface area contributed by atoms with Gasteiger partial charge in [-0.05, 0) is 29.2 Å². The molecule has 0 saturated carbocycles. The van der Waals surface area contributed by atoms with E-state index in [0.717, 1.165) is 17.0 Å². The molecule has 128 valence electrons. The van der Waals surface area contributed by atoms with Gasteiger partial charge in [0, 0.05) is 6.42 Å². The standard InChI is InChI=1S/C19H18FN3OS/c1-13(15-5-3-2-4-6-15)11-18-22-23-19(25-18)21-17(24)12-14-7-9-16(20)10-8-14/h2-10,13H,11-12H2,1H3,(H,21,23,24)/t13-/m1/s1. The highest BCUT2D eigenvalue weighted by atomic mass is 32.1. The van der Waals surface area contributed by atoms with Crippen LogP contribution in [0.15, 0.2) is 54.6 Å². The minimum Gasteiger partial charge on any atom is -0.300 e. The normalized spacial score (nSPS) is 11.9. The van der Waals surface area contributed by atoms with Crippen LogP contribution in [0.3, 0.4) is 0 Å². The maximum Gasteiger partial charge on any atom is 0.230 e. The van der Waals surface area contributed by atoms with Gasteiger partial charge in [0.25, 0.3) is 0 Å². The predicted octanol–water partition coefficient (Wildman–Crippen LogP) is 4.20. The number of hydrogen-bond donors (Lipinski definition) is 1. The summed E-state index contributed by atoms with van der Waals surface area (Å²) in [5, 5.41) is 12.3. The fourth-order valence-corrected chi connectivity index (χ4v) is 3.38. The number of nitrogens with zero attached hydrogens (tertiary/aromatic N) is 2. The van der Waals surface area contributed by atoms with Crippen LogP contribution in [0.25, 0.3) is 0 Å². The minimum absolute atomic E-state index is 0.176. The van der Waals surface area contributed by atoms with E-state index in [9.17, 15) is 9.18 Å². The molecule has 0 aliphatic heterocycles. The van der Waals surface area contributed by atoms with Crippen molar-refractivity contribution < 1.29 is 9.18 Å². The zero-order valence-corrected chi connectivity index (χ0v) is 14.6. The molecule has 1 heterocycles. The Morgan fingerprint density at radius 1 is 1.12 bits per heavy atom. The van der Waals surface area contributed by atoms with Gasteiger partial charge in [0.2, 0.25) is 11.0 Å². The van der Waals surface area contributed by atoms with Gasteiger partial charge in [-0.25, -0.2) is 4.39 Å². The molecule has 1 atom stereocenters. The van der Waals surface area contributed by atoms with Crippen molar-refractivity contribution in [1.29, 1.82) is 0 Å². The summed E-state index contributed by atoms with van der Waals surface area (Å²) in [5.41, 5.74) is 2.00. The first-order chi connectivity index (χ1) is 12.1. The van der Waals surface area contributed by atoms with Crippen molar-refractivity contribution in [3.05, 3.63) is 76.5 Å². The Bertz CT molecular complexity index is 833. The molecule has 2 aromatic carbocycles. The number of carbonyl (C=O) groups is 1. The summed E-state index contributed by atoms with van der Waals surface area (Å²) in [6, 6.07) is 16.1. The second kappa shape index (κ2) is 7.98. The summed E-state index contributed by atoms with van der Waals surface area (Å²) >= 11 is 1.38. The largest absolute Gasteiger partial charge is 0.300 e. The highest BCUT2D eigenvalue weighted by Gasteiger charge is 2.12. The van der Waals surface area contributed by atoms with Crippen LogP contribution in [0.4, 0.5) is 9.52 Å². The monoisotopic (exact) mass is 355 g/mol. The number of aromatic nitrogens is 2. The van der Waals surface area contributed by atoms with Crippen LogP contribution in [0.2, 0.25) is 0 Å². The number of nitrogens with one attached hydrogen (secondary N) is 1. The highest BCUT2D eigenvalue weighted by Crippen LogP contribution is 2.24. The second-order valence-corrected chi connectivity index (χ2v) is 6.93. The molecule has 0 unspecified atom stereocenters. The average Bonchev–Trinajstić information content (AvgIpc) is 3.04. The van der Waals surface area contributed by atoms with Crippen LogP contribution in [0.1, 0.15) is 29.0 Å². The molecule has 1 N–H and O–H groups in total. The lowest BCUT2D eigenvalue weighted by Crippen LogP contribution is -2.14. The molecule has 1 aromatic heterocycles. The van der Waals surface area contributed by atoms with Gasteiger partial charge in [-0.15, -0.1) is 10.2 Å². The van der Waals surface area contributed by atoms with Crippen molar-refractivity contribution in [3.8, 4) is 0 Å². The van der Waals surface area contributed by atoms with E-state index in [2.05, 4.69) is 34.6 Å². The predicted molar refractivity (Wildman–Crippen MR) is 97.2 cm³/mol. The highest BCUT2D eigenvalue weighted by molar-refractivity contribution is 7.15. The van der Waals surface area contributed by atoms with Crippen LogP contribution in [-0.4, -0.2) is 16.1 Å². The topological polar surface area (TPSA) is 54.9 Å². The van der Waals surface area contributed by atoms with E-state index in [-0.39, 0.29) is 18.1 Å². The number of carbonyl (C=O) groups excluding carboxylic acids is 1. The Morgan fingerprint density at radius 2 is 1.84 bits per heavy atom. The van der Waals surface area contributed by atoms with Gasteiger partial charge in [-0.1, -0.05) is 60.7 Å². The SMILES string of the molecule is C[C@H](Cc1nnc(NC(=O)Cc2ccc(F)cc2)s1)c1ccccc1. The molecule has 3 aromatic rings. The number of anilines is 1. The van der Waals surface area contributed by atoms with E-state index in [4.69, 9.17) is 0 Å². The van der Waals surface area contributed by atoms with Gasteiger partial charge in [0.05, 0.1) is 6.42 Å². The maximum atomic E-state index is 12.9. The lowest BCUT2D eigenvalue weighted by Gasteiger charge is -2.08. The lowest BCUT2D eigenvalue weighted by molar-refractivity contribution is -0.115. The fourth-order valence-electron chi connectivity index (χ4n) is 2.50. The van der Waals surface area contributed by atoms with E-state index in [0.29, 0.717) is 11.0 Å². The Hall–Kier alpha value is -2.60. The molecule has 6 heteroatoms. The third kappa shape index (κ3) is 4.93. The molecular weight excluding hydrogens is 337 g/mol. The van der Waals surface area contributed by atoms with E-state index in [1.807, 2.05) is 18.2 Å². The molecule has 4 nitrogen and oxygen atoms in total. The summed E-state index contributed by atoms with van der Waals surface area (Å²) in [6.07, 6.45) is 0.950. The summed E-state index contributed by atoms with van der Waals surface area (Å²) in [6.45, 7) is 2.14. The number of benzene rings is 2. The van der Waals surface area contributed by atoms with Gasteiger partial charge in [-0.3, -0.25) is 4.79 Å². The third-order valence-corrected chi connectivity index (χ3v) is 4.70. The number of halogens is 1. The molecule has 0 radical (unpaired) electrons. The molecule has 0 saturated heterocycles. The zero-order chi connectivity index (χ0) is 17.6. The molecular formula is C19H18FN3OS. The van der Waals surface area contributed by atoms with Crippen molar-refractivity contribution in [2.75, 3.05) is 5.32 Å². The summed E-state index contributed by atoms with van der Waals surface area (Å²) in [4.78, 5) is 12.1. The van der Waals surface area contributed by atoms with E-state index in [1.54, 1.807) is 12.1 Å². The first-order valence-corrected chi connectivity index (χ1v) is 8.83. The fraction of sp³-hybridized carbons (Fsp3) is 0.211. The molecule has 0 aliphatic rings. The third-order valence-electron chi connectivity index (χ3n) is 3.84. The van der Waals surface area contributed by atoms with Gasteiger partial charge in [0.1, 0.15) is 10.8 Å². The second-order valence-electron chi connectivity index (χ2n) is 5.87. The first kappa shape index (κ1) is 17.2. The lowest BCUT2D eigenvalue weighted by atomic mass is 9.98. The van der Waals surface area contributed by atoms with Gasteiger partial charge in [-0.2, -0.15) is 0 Å². The molecule has 25 heavy (non-hydrogen) atoms. The van der Waals surface area contributed by atoms with Gasteiger partial charge >= 0.3 is 0 Å². The molecule has 3 rings (SSSR count). The summed E-state index contributed by atoms with van der Waals surface area (Å²) in [7, 11) is 0. The molecule has 0 spiro atoms.